The summed E-state index contributed by atoms with van der Waals surface area (Å²) >= 11 is 0. The zero-order valence-corrected chi connectivity index (χ0v) is 15.6. The van der Waals surface area contributed by atoms with Gasteiger partial charge in [0, 0.05) is 31.0 Å². The van der Waals surface area contributed by atoms with E-state index in [1.54, 1.807) is 7.11 Å². The molecule has 1 aliphatic heterocycles. The van der Waals surface area contributed by atoms with Gasteiger partial charge in [-0.3, -0.25) is 0 Å². The van der Waals surface area contributed by atoms with Gasteiger partial charge in [0.1, 0.15) is 23.9 Å². The number of fused-ring (bicyclic) bond motifs is 1. The van der Waals surface area contributed by atoms with Crippen molar-refractivity contribution in [2.24, 2.45) is 0 Å². The number of nitrogens with zero attached hydrogens (tertiary/aromatic N) is 3. The van der Waals surface area contributed by atoms with Crippen molar-refractivity contribution >= 4 is 16.6 Å². The molecule has 6 nitrogen and oxygen atoms in total. The summed E-state index contributed by atoms with van der Waals surface area (Å²) < 4.78 is 16.9. The van der Waals surface area contributed by atoms with Gasteiger partial charge >= 0.3 is 0 Å². The molecular weight excluding hydrogens is 342 g/mol. The third kappa shape index (κ3) is 3.95. The fourth-order valence-corrected chi connectivity index (χ4v) is 3.19. The molecule has 0 atom stereocenters. The Labute approximate surface area is 158 Å². The van der Waals surface area contributed by atoms with Crippen LogP contribution in [0.25, 0.3) is 10.9 Å². The van der Waals surface area contributed by atoms with Gasteiger partial charge in [-0.1, -0.05) is 12.1 Å². The molecule has 0 radical (unpaired) electrons. The largest absolute Gasteiger partial charge is 0.497 e. The summed E-state index contributed by atoms with van der Waals surface area (Å²) in [6, 6.07) is 12.1. The molecule has 0 saturated carbocycles. The van der Waals surface area contributed by atoms with Crippen LogP contribution in [0, 0.1) is 6.92 Å². The SMILES string of the molecule is COc1ccc(COc2cc(N3CCOCC3)cc3nc(C)ncc23)cc1. The van der Waals surface area contributed by atoms with Gasteiger partial charge in [0.15, 0.2) is 0 Å². The van der Waals surface area contributed by atoms with E-state index < -0.39 is 0 Å². The minimum atomic E-state index is 0.472. The van der Waals surface area contributed by atoms with Crippen LogP contribution in [0.1, 0.15) is 11.4 Å². The second-order valence-corrected chi connectivity index (χ2v) is 6.53. The van der Waals surface area contributed by atoms with Gasteiger partial charge in [-0.15, -0.1) is 0 Å². The monoisotopic (exact) mass is 365 g/mol. The van der Waals surface area contributed by atoms with E-state index >= 15 is 0 Å². The summed E-state index contributed by atoms with van der Waals surface area (Å²) in [6.45, 7) is 5.59. The number of anilines is 1. The maximum absolute atomic E-state index is 6.17. The van der Waals surface area contributed by atoms with Crippen LogP contribution in [0.5, 0.6) is 11.5 Å². The van der Waals surface area contributed by atoms with Crippen molar-refractivity contribution < 1.29 is 14.2 Å². The van der Waals surface area contributed by atoms with Crippen LogP contribution in [0.3, 0.4) is 0 Å². The molecule has 1 saturated heterocycles. The zero-order chi connectivity index (χ0) is 18.6. The van der Waals surface area contributed by atoms with Crippen molar-refractivity contribution in [2.45, 2.75) is 13.5 Å². The van der Waals surface area contributed by atoms with Crippen molar-refractivity contribution in [1.29, 1.82) is 0 Å². The van der Waals surface area contributed by atoms with Crippen LogP contribution in [-0.4, -0.2) is 43.4 Å². The van der Waals surface area contributed by atoms with Crippen molar-refractivity contribution in [3.05, 3.63) is 54.0 Å². The van der Waals surface area contributed by atoms with Gasteiger partial charge in [0.2, 0.25) is 0 Å². The molecule has 6 heteroatoms. The molecule has 1 fully saturated rings. The highest BCUT2D eigenvalue weighted by atomic mass is 16.5. The third-order valence-corrected chi connectivity index (χ3v) is 4.70. The number of benzene rings is 2. The molecule has 27 heavy (non-hydrogen) atoms. The smallest absolute Gasteiger partial charge is 0.132 e. The highest BCUT2D eigenvalue weighted by Gasteiger charge is 2.15. The summed E-state index contributed by atoms with van der Waals surface area (Å²) in [6.07, 6.45) is 1.84. The van der Waals surface area contributed by atoms with Gasteiger partial charge in [-0.25, -0.2) is 9.97 Å². The first kappa shape index (κ1) is 17.5. The van der Waals surface area contributed by atoms with E-state index in [1.807, 2.05) is 37.4 Å². The Morgan fingerprint density at radius 2 is 1.89 bits per heavy atom. The van der Waals surface area contributed by atoms with Gasteiger partial charge in [0.05, 0.1) is 31.2 Å². The van der Waals surface area contributed by atoms with Crippen LogP contribution >= 0.6 is 0 Å². The summed E-state index contributed by atoms with van der Waals surface area (Å²) in [5.74, 6) is 2.38. The lowest BCUT2D eigenvalue weighted by Crippen LogP contribution is -2.36. The quantitative estimate of drug-likeness (QED) is 0.691. The Morgan fingerprint density at radius 3 is 2.63 bits per heavy atom. The molecule has 0 bridgehead atoms. The van der Waals surface area contributed by atoms with Crippen molar-refractivity contribution in [3.63, 3.8) is 0 Å². The molecule has 140 valence electrons. The average Bonchev–Trinajstić information content (AvgIpc) is 2.72. The first-order valence-corrected chi connectivity index (χ1v) is 9.09. The summed E-state index contributed by atoms with van der Waals surface area (Å²) in [5.41, 5.74) is 3.08. The molecule has 0 spiro atoms. The lowest BCUT2D eigenvalue weighted by molar-refractivity contribution is 0.122. The maximum Gasteiger partial charge on any atom is 0.132 e. The molecule has 0 amide bonds. The summed E-state index contributed by atoms with van der Waals surface area (Å²) in [5, 5.41) is 0.922. The Hall–Kier alpha value is -2.86. The van der Waals surface area contributed by atoms with Crippen molar-refractivity contribution in [2.75, 3.05) is 38.3 Å². The normalized spacial score (nSPS) is 14.4. The number of hydrogen-bond donors (Lipinski definition) is 0. The van der Waals surface area contributed by atoms with Crippen LogP contribution in [0.15, 0.2) is 42.6 Å². The second-order valence-electron chi connectivity index (χ2n) is 6.53. The van der Waals surface area contributed by atoms with Gasteiger partial charge < -0.3 is 19.1 Å². The van der Waals surface area contributed by atoms with Crippen LogP contribution < -0.4 is 14.4 Å². The molecule has 0 N–H and O–H groups in total. The summed E-state index contributed by atoms with van der Waals surface area (Å²) in [4.78, 5) is 11.3. The minimum absolute atomic E-state index is 0.472. The molecule has 3 aromatic rings. The number of rotatable bonds is 5. The standard InChI is InChI=1S/C21H23N3O3/c1-15-22-13-19-20(23-15)11-17(24-7-9-26-10-8-24)12-21(19)27-14-16-3-5-18(25-2)6-4-16/h3-6,11-13H,7-10,14H2,1-2H3. The fourth-order valence-electron chi connectivity index (χ4n) is 3.19. The first-order chi connectivity index (χ1) is 13.2. The average molecular weight is 365 g/mol. The van der Waals surface area contributed by atoms with Gasteiger partial charge in [-0.2, -0.15) is 0 Å². The Balaban J connectivity index is 1.64. The Bertz CT molecular complexity index is 922. The van der Waals surface area contributed by atoms with E-state index in [-0.39, 0.29) is 0 Å². The number of methoxy groups -OCH3 is 1. The highest BCUT2D eigenvalue weighted by Crippen LogP contribution is 2.31. The van der Waals surface area contributed by atoms with E-state index in [1.165, 1.54) is 0 Å². The molecule has 2 aromatic carbocycles. The predicted octanol–water partition coefficient (Wildman–Crippen LogP) is 3.36. The number of aromatic nitrogens is 2. The number of hydrogen-bond acceptors (Lipinski definition) is 6. The Kier molecular flexibility index (Phi) is 5.07. The van der Waals surface area contributed by atoms with Gasteiger partial charge in [0.25, 0.3) is 0 Å². The lowest BCUT2D eigenvalue weighted by atomic mass is 10.1. The molecular formula is C21H23N3O3. The molecule has 1 aromatic heterocycles. The third-order valence-electron chi connectivity index (χ3n) is 4.70. The van der Waals surface area contributed by atoms with E-state index in [4.69, 9.17) is 14.2 Å². The minimum Gasteiger partial charge on any atom is -0.497 e. The lowest BCUT2D eigenvalue weighted by Gasteiger charge is -2.29. The fraction of sp³-hybridized carbons (Fsp3) is 0.333. The van der Waals surface area contributed by atoms with E-state index in [9.17, 15) is 0 Å². The Morgan fingerprint density at radius 1 is 1.11 bits per heavy atom. The van der Waals surface area contributed by atoms with Crippen LogP contribution in [-0.2, 0) is 11.3 Å². The molecule has 1 aliphatic rings. The number of ether oxygens (including phenoxy) is 3. The van der Waals surface area contributed by atoms with Gasteiger partial charge in [-0.05, 0) is 30.7 Å². The first-order valence-electron chi connectivity index (χ1n) is 9.09. The van der Waals surface area contributed by atoms with E-state index in [0.717, 1.165) is 65.8 Å². The molecule has 0 aliphatic carbocycles. The second kappa shape index (κ2) is 7.80. The highest BCUT2D eigenvalue weighted by molar-refractivity contribution is 5.88. The van der Waals surface area contributed by atoms with E-state index in [0.29, 0.717) is 6.61 Å². The van der Waals surface area contributed by atoms with Crippen LogP contribution in [0.2, 0.25) is 0 Å². The number of morpholine rings is 1. The molecule has 0 unspecified atom stereocenters. The van der Waals surface area contributed by atoms with E-state index in [2.05, 4.69) is 27.0 Å². The van der Waals surface area contributed by atoms with Crippen LogP contribution in [0.4, 0.5) is 5.69 Å². The number of aryl methyl sites for hydroxylation is 1. The molecule has 2 heterocycles. The van der Waals surface area contributed by atoms with Crippen molar-refractivity contribution in [3.8, 4) is 11.5 Å². The predicted molar refractivity (Wildman–Crippen MR) is 105 cm³/mol. The maximum atomic E-state index is 6.17. The topological polar surface area (TPSA) is 56.7 Å². The zero-order valence-electron chi connectivity index (χ0n) is 15.6. The summed E-state index contributed by atoms with van der Waals surface area (Å²) in [7, 11) is 1.66. The van der Waals surface area contributed by atoms with Crippen molar-refractivity contribution in [1.82, 2.24) is 9.97 Å². The molecule has 4 rings (SSSR count).